The van der Waals surface area contributed by atoms with Crippen LogP contribution in [-0.4, -0.2) is 37.5 Å². The van der Waals surface area contributed by atoms with E-state index < -0.39 is 5.97 Å². The van der Waals surface area contributed by atoms with Crippen molar-refractivity contribution < 1.29 is 14.6 Å². The fourth-order valence-electron chi connectivity index (χ4n) is 3.12. The van der Waals surface area contributed by atoms with Gasteiger partial charge in [0.05, 0.1) is 21.5 Å². The molecule has 0 radical (unpaired) electrons. The third-order valence-electron chi connectivity index (χ3n) is 4.73. The highest BCUT2D eigenvalue weighted by atomic mass is 32.1. The predicted molar refractivity (Wildman–Crippen MR) is 109 cm³/mol. The van der Waals surface area contributed by atoms with Gasteiger partial charge >= 0.3 is 10.8 Å². The maximum Gasteiger partial charge on any atom is 0.337 e. The lowest BCUT2D eigenvalue weighted by atomic mass is 9.98. The Bertz CT molecular complexity index is 1240. The van der Waals surface area contributed by atoms with Crippen molar-refractivity contribution in [2.45, 2.75) is 19.6 Å². The maximum atomic E-state index is 12.1. The third kappa shape index (κ3) is 3.57. The number of nitrogens with zero attached hydrogens (tertiary/aromatic N) is 4. The van der Waals surface area contributed by atoms with E-state index in [-0.39, 0.29) is 23.1 Å². The minimum absolute atomic E-state index is 0.00650. The fourth-order valence-corrected chi connectivity index (χ4v) is 4.05. The Hall–Kier alpha value is -3.30. The molecule has 1 unspecified atom stereocenters. The number of pyridine rings is 1. The molecule has 3 aromatic heterocycles. The van der Waals surface area contributed by atoms with E-state index >= 15 is 0 Å². The van der Waals surface area contributed by atoms with E-state index in [0.717, 1.165) is 21.5 Å². The minimum atomic E-state index is -1.02. The molecule has 0 aliphatic heterocycles. The normalized spacial score (nSPS) is 12.3. The zero-order valence-electron chi connectivity index (χ0n) is 15.8. The van der Waals surface area contributed by atoms with Gasteiger partial charge in [-0.25, -0.2) is 14.5 Å². The van der Waals surface area contributed by atoms with Crippen LogP contribution in [0.1, 0.15) is 34.5 Å². The molecule has 0 aliphatic rings. The van der Waals surface area contributed by atoms with E-state index in [4.69, 9.17) is 9.84 Å². The van der Waals surface area contributed by atoms with Crippen LogP contribution in [0.4, 0.5) is 0 Å². The average molecular weight is 410 g/mol. The highest BCUT2D eigenvalue weighted by molar-refractivity contribution is 7.16. The van der Waals surface area contributed by atoms with Crippen molar-refractivity contribution in [3.8, 4) is 5.82 Å². The van der Waals surface area contributed by atoms with Crippen LogP contribution in [0, 0.1) is 0 Å². The molecule has 0 saturated carbocycles. The summed E-state index contributed by atoms with van der Waals surface area (Å²) < 4.78 is 9.23. The first-order valence-corrected chi connectivity index (χ1v) is 9.67. The molecule has 4 aromatic rings. The van der Waals surface area contributed by atoms with Crippen LogP contribution < -0.4 is 4.87 Å². The molecule has 0 aliphatic carbocycles. The largest absolute Gasteiger partial charge is 0.478 e. The van der Waals surface area contributed by atoms with E-state index in [1.54, 1.807) is 28.6 Å². The average Bonchev–Trinajstić information content (AvgIpc) is 3.32. The lowest BCUT2D eigenvalue weighted by Gasteiger charge is -2.10. The van der Waals surface area contributed by atoms with Crippen molar-refractivity contribution in [1.29, 1.82) is 0 Å². The number of methoxy groups -OCH3 is 1. The predicted octanol–water partition coefficient (Wildman–Crippen LogP) is 3.10. The number of thiazole rings is 1. The second-order valence-electron chi connectivity index (χ2n) is 6.56. The molecule has 1 atom stereocenters. The standard InChI is InChI=1S/C20H18N4O4S/c1-12(13-3-5-16-17(9-13)29-20(27)23(16)11-28-2)15-7-8-24(22-15)18-6-4-14(10-21-18)19(25)26/h3-10,12H,11H2,1-2H3,(H,25,26). The number of carboxylic acids is 1. The fraction of sp³-hybridized carbons (Fsp3) is 0.200. The van der Waals surface area contributed by atoms with Crippen molar-refractivity contribution in [1.82, 2.24) is 19.3 Å². The summed E-state index contributed by atoms with van der Waals surface area (Å²) in [5, 5.41) is 13.6. The summed E-state index contributed by atoms with van der Waals surface area (Å²) in [5.41, 5.74) is 2.87. The van der Waals surface area contributed by atoms with Crippen LogP contribution in [-0.2, 0) is 11.5 Å². The monoisotopic (exact) mass is 410 g/mol. The molecule has 0 bridgehead atoms. The van der Waals surface area contributed by atoms with Crippen molar-refractivity contribution in [2.24, 2.45) is 0 Å². The van der Waals surface area contributed by atoms with Gasteiger partial charge in [-0.05, 0) is 35.9 Å². The molecule has 1 N–H and O–H groups in total. The lowest BCUT2D eigenvalue weighted by Crippen LogP contribution is -2.13. The van der Waals surface area contributed by atoms with Crippen LogP contribution in [0.15, 0.2) is 53.6 Å². The first kappa shape index (κ1) is 19.0. The molecule has 0 saturated heterocycles. The van der Waals surface area contributed by atoms with Crippen molar-refractivity contribution in [3.63, 3.8) is 0 Å². The summed E-state index contributed by atoms with van der Waals surface area (Å²) in [4.78, 5) is 27.2. The highest BCUT2D eigenvalue weighted by Crippen LogP contribution is 2.27. The van der Waals surface area contributed by atoms with E-state index in [2.05, 4.69) is 10.1 Å². The number of carbonyl (C=O) groups is 1. The molecule has 3 heterocycles. The van der Waals surface area contributed by atoms with Crippen LogP contribution in [0.3, 0.4) is 0 Å². The summed E-state index contributed by atoms with van der Waals surface area (Å²) in [7, 11) is 1.56. The number of benzene rings is 1. The van der Waals surface area contributed by atoms with Crippen LogP contribution in [0.5, 0.6) is 0 Å². The minimum Gasteiger partial charge on any atom is -0.478 e. The van der Waals surface area contributed by atoms with Gasteiger partial charge in [0.15, 0.2) is 5.82 Å². The molecule has 0 spiro atoms. The smallest absolute Gasteiger partial charge is 0.337 e. The second kappa shape index (κ2) is 7.61. The topological polar surface area (TPSA) is 99.2 Å². The van der Waals surface area contributed by atoms with E-state index in [1.165, 1.54) is 23.6 Å². The van der Waals surface area contributed by atoms with E-state index in [9.17, 15) is 9.59 Å². The summed E-state index contributed by atoms with van der Waals surface area (Å²) >= 11 is 1.20. The molecule has 29 heavy (non-hydrogen) atoms. The SMILES string of the molecule is COCn1c(=O)sc2cc(C(C)c3ccn(-c4ccc(C(=O)O)cn4)n3)ccc21. The molecular weight excluding hydrogens is 392 g/mol. The van der Waals surface area contributed by atoms with E-state index in [1.807, 2.05) is 31.2 Å². The molecule has 8 nitrogen and oxygen atoms in total. The lowest BCUT2D eigenvalue weighted by molar-refractivity contribution is 0.0696. The Morgan fingerprint density at radius 1 is 1.28 bits per heavy atom. The molecule has 148 valence electrons. The highest BCUT2D eigenvalue weighted by Gasteiger charge is 2.15. The summed E-state index contributed by atoms with van der Waals surface area (Å²) in [6, 6.07) is 11.0. The van der Waals surface area contributed by atoms with Gasteiger partial charge in [-0.3, -0.25) is 9.36 Å². The quantitative estimate of drug-likeness (QED) is 0.524. The first-order valence-electron chi connectivity index (χ1n) is 8.85. The van der Waals surface area contributed by atoms with Gasteiger partial charge < -0.3 is 9.84 Å². The van der Waals surface area contributed by atoms with Gasteiger partial charge in [0.2, 0.25) is 0 Å². The molecule has 1 aromatic carbocycles. The number of rotatable bonds is 6. The third-order valence-corrected chi connectivity index (χ3v) is 5.68. The van der Waals surface area contributed by atoms with Gasteiger partial charge in [0.25, 0.3) is 0 Å². The number of carboxylic acid groups (broad SMARTS) is 1. The zero-order chi connectivity index (χ0) is 20.5. The van der Waals surface area contributed by atoms with Gasteiger partial charge in [-0.15, -0.1) is 0 Å². The number of fused-ring (bicyclic) bond motifs is 1. The Labute approximate surface area is 169 Å². The van der Waals surface area contributed by atoms with Gasteiger partial charge in [0, 0.05) is 25.4 Å². The van der Waals surface area contributed by atoms with Gasteiger partial charge in [-0.1, -0.05) is 24.3 Å². The summed E-state index contributed by atoms with van der Waals surface area (Å²) in [6.07, 6.45) is 3.10. The number of aromatic nitrogens is 4. The van der Waals surface area contributed by atoms with Crippen LogP contribution >= 0.6 is 11.3 Å². The zero-order valence-corrected chi connectivity index (χ0v) is 16.6. The molecular formula is C20H18N4O4S. The van der Waals surface area contributed by atoms with E-state index in [0.29, 0.717) is 5.82 Å². The summed E-state index contributed by atoms with van der Waals surface area (Å²) in [5.74, 6) is -0.471. The number of hydrogen-bond acceptors (Lipinski definition) is 6. The molecule has 4 rings (SSSR count). The van der Waals surface area contributed by atoms with Gasteiger partial charge in [0.1, 0.15) is 6.73 Å². The Balaban J connectivity index is 1.62. The maximum absolute atomic E-state index is 12.1. The van der Waals surface area contributed by atoms with Crippen LogP contribution in [0.2, 0.25) is 0 Å². The van der Waals surface area contributed by atoms with Crippen molar-refractivity contribution in [3.05, 3.63) is 75.3 Å². The number of hydrogen-bond donors (Lipinski definition) is 1. The Morgan fingerprint density at radius 2 is 2.10 bits per heavy atom. The second-order valence-corrected chi connectivity index (χ2v) is 7.55. The number of aromatic carboxylic acids is 1. The molecule has 9 heteroatoms. The molecule has 0 fully saturated rings. The van der Waals surface area contributed by atoms with Crippen molar-refractivity contribution in [2.75, 3.05) is 7.11 Å². The summed E-state index contributed by atoms with van der Waals surface area (Å²) in [6.45, 7) is 2.27. The first-order chi connectivity index (χ1) is 14.0. The van der Waals surface area contributed by atoms with Gasteiger partial charge in [-0.2, -0.15) is 5.10 Å². The van der Waals surface area contributed by atoms with Crippen LogP contribution in [0.25, 0.3) is 16.0 Å². The molecule has 0 amide bonds. The Kier molecular flexibility index (Phi) is 4.99. The Morgan fingerprint density at radius 3 is 2.79 bits per heavy atom. The number of ether oxygens (including phenoxy) is 1. The van der Waals surface area contributed by atoms with Crippen molar-refractivity contribution >= 4 is 27.5 Å².